The molecule has 0 amide bonds. The molecule has 5 heteroatoms. The lowest BCUT2D eigenvalue weighted by Crippen LogP contribution is -1.98. The first-order chi connectivity index (χ1) is 9.67. The molecule has 3 aromatic rings. The van der Waals surface area contributed by atoms with Gasteiger partial charge in [-0.05, 0) is 24.3 Å². The lowest BCUT2D eigenvalue weighted by molar-refractivity contribution is 0.415. The van der Waals surface area contributed by atoms with E-state index in [0.29, 0.717) is 28.3 Å². The number of anilines is 1. The second-order valence-electron chi connectivity index (χ2n) is 4.33. The molecule has 0 spiro atoms. The second kappa shape index (κ2) is 4.77. The first-order valence-corrected chi connectivity index (χ1v) is 6.04. The summed E-state index contributed by atoms with van der Waals surface area (Å²) in [5.74, 6) is 1.11. The van der Waals surface area contributed by atoms with Crippen molar-refractivity contribution in [2.24, 2.45) is 0 Å². The van der Waals surface area contributed by atoms with Crippen molar-refractivity contribution < 1.29 is 9.13 Å². The van der Waals surface area contributed by atoms with Gasteiger partial charge in [0.1, 0.15) is 17.4 Å². The third kappa shape index (κ3) is 2.14. The fourth-order valence-corrected chi connectivity index (χ4v) is 2.02. The van der Waals surface area contributed by atoms with Gasteiger partial charge in [0.05, 0.1) is 12.6 Å². The molecular weight excluding hydrogens is 257 g/mol. The molecule has 2 aromatic carbocycles. The second-order valence-corrected chi connectivity index (χ2v) is 4.33. The van der Waals surface area contributed by atoms with Gasteiger partial charge in [-0.3, -0.25) is 0 Å². The van der Waals surface area contributed by atoms with Gasteiger partial charge in [-0.2, -0.15) is 0 Å². The fourth-order valence-electron chi connectivity index (χ4n) is 2.02. The molecule has 0 radical (unpaired) electrons. The summed E-state index contributed by atoms with van der Waals surface area (Å²) in [5.41, 5.74) is 7.16. The maximum absolute atomic E-state index is 13.3. The number of hydrogen-bond acceptors (Lipinski definition) is 4. The Hall–Kier alpha value is -2.69. The minimum Gasteiger partial charge on any atom is -0.497 e. The maximum atomic E-state index is 13.3. The average molecular weight is 269 g/mol. The Kier molecular flexibility index (Phi) is 2.95. The number of methoxy groups -OCH3 is 1. The van der Waals surface area contributed by atoms with Crippen LogP contribution in [0.4, 0.5) is 10.2 Å². The van der Waals surface area contributed by atoms with Crippen molar-refractivity contribution in [1.29, 1.82) is 0 Å². The molecule has 3 rings (SSSR count). The van der Waals surface area contributed by atoms with E-state index >= 15 is 0 Å². The van der Waals surface area contributed by atoms with E-state index in [2.05, 4.69) is 9.97 Å². The third-order valence-corrected chi connectivity index (χ3v) is 3.02. The van der Waals surface area contributed by atoms with Gasteiger partial charge in [0.25, 0.3) is 0 Å². The Morgan fingerprint density at radius 1 is 1.10 bits per heavy atom. The number of fused-ring (bicyclic) bond motifs is 1. The molecule has 0 unspecified atom stereocenters. The molecule has 1 aromatic heterocycles. The number of ether oxygens (including phenoxy) is 1. The summed E-state index contributed by atoms with van der Waals surface area (Å²) < 4.78 is 18.5. The van der Waals surface area contributed by atoms with Crippen LogP contribution in [0, 0.1) is 5.82 Å². The molecule has 0 saturated carbocycles. The van der Waals surface area contributed by atoms with Crippen LogP contribution in [0.5, 0.6) is 5.75 Å². The molecule has 0 atom stereocenters. The lowest BCUT2D eigenvalue weighted by atomic mass is 10.1. The monoisotopic (exact) mass is 269 g/mol. The van der Waals surface area contributed by atoms with Gasteiger partial charge >= 0.3 is 0 Å². The molecule has 100 valence electrons. The minimum atomic E-state index is -0.354. The first-order valence-electron chi connectivity index (χ1n) is 6.04. The number of nitrogen functional groups attached to an aromatic ring is 1. The highest BCUT2D eigenvalue weighted by Gasteiger charge is 2.08. The summed E-state index contributed by atoms with van der Waals surface area (Å²) in [5, 5.41) is 0.637. The smallest absolute Gasteiger partial charge is 0.162 e. The average Bonchev–Trinajstić information content (AvgIpc) is 2.46. The Morgan fingerprint density at radius 3 is 2.75 bits per heavy atom. The van der Waals surface area contributed by atoms with Crippen LogP contribution < -0.4 is 10.5 Å². The van der Waals surface area contributed by atoms with Crippen LogP contribution in [0.1, 0.15) is 0 Å². The highest BCUT2D eigenvalue weighted by atomic mass is 19.1. The number of nitrogens with two attached hydrogens (primary N) is 1. The molecule has 1 heterocycles. The molecule has 0 aliphatic rings. The predicted molar refractivity (Wildman–Crippen MR) is 75.9 cm³/mol. The predicted octanol–water partition coefficient (Wildman–Crippen LogP) is 3.03. The van der Waals surface area contributed by atoms with Crippen molar-refractivity contribution in [2.75, 3.05) is 12.8 Å². The quantitative estimate of drug-likeness (QED) is 0.776. The Bertz CT molecular complexity index is 789. The zero-order valence-electron chi connectivity index (χ0n) is 10.8. The van der Waals surface area contributed by atoms with Crippen LogP contribution in [0.25, 0.3) is 22.3 Å². The van der Waals surface area contributed by atoms with Crippen LogP contribution in [-0.2, 0) is 0 Å². The number of benzene rings is 2. The molecule has 0 aliphatic heterocycles. The van der Waals surface area contributed by atoms with E-state index in [9.17, 15) is 4.39 Å². The van der Waals surface area contributed by atoms with E-state index in [1.165, 1.54) is 12.1 Å². The van der Waals surface area contributed by atoms with Gasteiger partial charge < -0.3 is 10.5 Å². The van der Waals surface area contributed by atoms with E-state index in [4.69, 9.17) is 10.5 Å². The van der Waals surface area contributed by atoms with Gasteiger partial charge in [0, 0.05) is 17.0 Å². The highest BCUT2D eigenvalue weighted by molar-refractivity contribution is 5.89. The zero-order chi connectivity index (χ0) is 14.1. The largest absolute Gasteiger partial charge is 0.497 e. The summed E-state index contributed by atoms with van der Waals surface area (Å²) >= 11 is 0. The normalized spacial score (nSPS) is 10.7. The Labute approximate surface area is 115 Å². The molecular formula is C15H12FN3O. The Balaban J connectivity index is 2.20. The van der Waals surface area contributed by atoms with Crippen molar-refractivity contribution in [3.8, 4) is 17.1 Å². The number of nitrogens with zero attached hydrogens (tertiary/aromatic N) is 2. The van der Waals surface area contributed by atoms with Gasteiger partial charge in [0.2, 0.25) is 0 Å². The summed E-state index contributed by atoms with van der Waals surface area (Å²) in [4.78, 5) is 8.62. The maximum Gasteiger partial charge on any atom is 0.162 e. The minimum absolute atomic E-state index is 0.327. The number of aromatic nitrogens is 2. The fraction of sp³-hybridized carbons (Fsp3) is 0.0667. The van der Waals surface area contributed by atoms with E-state index in [-0.39, 0.29) is 5.82 Å². The highest BCUT2D eigenvalue weighted by Crippen LogP contribution is 2.25. The van der Waals surface area contributed by atoms with Crippen LogP contribution in [-0.4, -0.2) is 17.1 Å². The summed E-state index contributed by atoms with van der Waals surface area (Å²) in [7, 11) is 1.59. The van der Waals surface area contributed by atoms with Crippen LogP contribution in [0.15, 0.2) is 42.5 Å². The van der Waals surface area contributed by atoms with Crippen LogP contribution in [0.2, 0.25) is 0 Å². The van der Waals surface area contributed by atoms with Crippen molar-refractivity contribution in [3.05, 3.63) is 48.3 Å². The molecule has 0 bridgehead atoms. The van der Waals surface area contributed by atoms with Crippen molar-refractivity contribution in [2.45, 2.75) is 0 Å². The van der Waals surface area contributed by atoms with Gasteiger partial charge in [-0.25, -0.2) is 14.4 Å². The van der Waals surface area contributed by atoms with Crippen LogP contribution >= 0.6 is 0 Å². The van der Waals surface area contributed by atoms with Crippen molar-refractivity contribution in [1.82, 2.24) is 9.97 Å². The Morgan fingerprint density at radius 2 is 1.95 bits per heavy atom. The SMILES string of the molecule is COc1cccc(-c2nc(N)c3ccc(F)cc3n2)c1. The third-order valence-electron chi connectivity index (χ3n) is 3.02. The molecule has 0 aliphatic carbocycles. The summed E-state index contributed by atoms with van der Waals surface area (Å²) in [6, 6.07) is 11.6. The topological polar surface area (TPSA) is 61.0 Å². The van der Waals surface area contributed by atoms with E-state index in [1.807, 2.05) is 18.2 Å². The molecule has 20 heavy (non-hydrogen) atoms. The van der Waals surface area contributed by atoms with E-state index in [1.54, 1.807) is 19.2 Å². The van der Waals surface area contributed by atoms with Crippen LogP contribution in [0.3, 0.4) is 0 Å². The standard InChI is InChI=1S/C15H12FN3O/c1-20-11-4-2-3-9(7-11)15-18-13-8-10(16)5-6-12(13)14(17)19-15/h2-8H,1H3,(H2,17,18,19). The lowest BCUT2D eigenvalue weighted by Gasteiger charge is -2.07. The molecule has 0 fully saturated rings. The number of hydrogen-bond donors (Lipinski definition) is 1. The van der Waals surface area contributed by atoms with Gasteiger partial charge in [0.15, 0.2) is 5.82 Å². The summed E-state index contributed by atoms with van der Waals surface area (Å²) in [6.07, 6.45) is 0. The number of rotatable bonds is 2. The summed E-state index contributed by atoms with van der Waals surface area (Å²) in [6.45, 7) is 0. The van der Waals surface area contributed by atoms with E-state index < -0.39 is 0 Å². The molecule has 2 N–H and O–H groups in total. The van der Waals surface area contributed by atoms with Gasteiger partial charge in [-0.15, -0.1) is 0 Å². The number of halogens is 1. The molecule has 0 saturated heterocycles. The first kappa shape index (κ1) is 12.3. The van der Waals surface area contributed by atoms with Crippen molar-refractivity contribution >= 4 is 16.7 Å². The zero-order valence-corrected chi connectivity index (χ0v) is 10.8. The molecule has 4 nitrogen and oxygen atoms in total. The van der Waals surface area contributed by atoms with E-state index in [0.717, 1.165) is 5.56 Å². The van der Waals surface area contributed by atoms with Gasteiger partial charge in [-0.1, -0.05) is 12.1 Å². The van der Waals surface area contributed by atoms with Crippen molar-refractivity contribution in [3.63, 3.8) is 0 Å².